The summed E-state index contributed by atoms with van der Waals surface area (Å²) in [5.74, 6) is 0.319. The summed E-state index contributed by atoms with van der Waals surface area (Å²) in [6.07, 6.45) is 5.21. The van der Waals surface area contributed by atoms with Crippen LogP contribution in [0.15, 0.2) is 96.0 Å². The number of imidazole rings is 1. The second-order valence-corrected chi connectivity index (χ2v) is 8.59. The average molecular weight is 449 g/mol. The van der Waals surface area contributed by atoms with Gasteiger partial charge in [-0.15, -0.1) is 0 Å². The van der Waals surface area contributed by atoms with Crippen molar-refractivity contribution >= 4 is 22.4 Å². The summed E-state index contributed by atoms with van der Waals surface area (Å²) in [7, 11) is 0. The molecular formula is C28H24N4O2. The van der Waals surface area contributed by atoms with Crippen molar-refractivity contribution in [3.8, 4) is 11.1 Å². The van der Waals surface area contributed by atoms with Crippen LogP contribution in [0.3, 0.4) is 0 Å². The number of hydrogen-bond donors (Lipinski definition) is 1. The number of nitrogens with one attached hydrogen (secondary N) is 1. The number of furan rings is 1. The highest BCUT2D eigenvalue weighted by atomic mass is 16.3. The molecule has 0 unspecified atom stereocenters. The van der Waals surface area contributed by atoms with Gasteiger partial charge in [0, 0.05) is 42.3 Å². The zero-order chi connectivity index (χ0) is 22.9. The zero-order valence-corrected chi connectivity index (χ0v) is 18.6. The number of aromatic amines is 1. The van der Waals surface area contributed by atoms with Gasteiger partial charge in [-0.1, -0.05) is 60.7 Å². The molecule has 0 spiro atoms. The molecule has 1 aliphatic rings. The van der Waals surface area contributed by atoms with Crippen molar-refractivity contribution in [1.29, 1.82) is 0 Å². The minimum Gasteiger partial charge on any atom is -0.458 e. The maximum Gasteiger partial charge on any atom is 0.290 e. The minimum atomic E-state index is -0.0827. The number of hydrogen-bond acceptors (Lipinski definition) is 4. The lowest BCUT2D eigenvalue weighted by Crippen LogP contribution is -2.35. The van der Waals surface area contributed by atoms with Crippen LogP contribution in [0.2, 0.25) is 0 Å². The first-order valence-electron chi connectivity index (χ1n) is 11.4. The standard InChI is InChI=1S/C28H24N4O2/c33-28(27-25-9-5-4-8-22(25)18-34-27)32-13-12-31(17-24-15-29-19-30-24)26-11-10-21(14-23(26)16-32)20-6-2-1-3-7-20/h1-11,14-15,18-19H,12-13,16-17H2,(H,29,30). The normalized spacial score (nSPS) is 13.6. The molecule has 0 bridgehead atoms. The molecule has 1 aliphatic heterocycles. The fourth-order valence-corrected chi connectivity index (χ4v) is 4.69. The number of H-pyrrole nitrogens is 1. The first-order valence-corrected chi connectivity index (χ1v) is 11.4. The van der Waals surface area contributed by atoms with E-state index in [0.29, 0.717) is 31.9 Å². The number of fused-ring (bicyclic) bond motifs is 2. The van der Waals surface area contributed by atoms with Crippen LogP contribution in [0.1, 0.15) is 21.8 Å². The van der Waals surface area contributed by atoms with Crippen molar-refractivity contribution in [3.63, 3.8) is 0 Å². The molecule has 6 nitrogen and oxygen atoms in total. The Morgan fingerprint density at radius 2 is 1.82 bits per heavy atom. The van der Waals surface area contributed by atoms with Crippen LogP contribution >= 0.6 is 0 Å². The Balaban J connectivity index is 1.38. The number of rotatable bonds is 4. The second-order valence-electron chi connectivity index (χ2n) is 8.59. The summed E-state index contributed by atoms with van der Waals surface area (Å²) in [4.78, 5) is 25.2. The topological polar surface area (TPSA) is 65.4 Å². The lowest BCUT2D eigenvalue weighted by Gasteiger charge is -2.24. The molecule has 3 heterocycles. The monoisotopic (exact) mass is 448 g/mol. The number of nitrogens with zero attached hydrogens (tertiary/aromatic N) is 3. The number of aromatic nitrogens is 2. The molecule has 0 fully saturated rings. The van der Waals surface area contributed by atoms with Gasteiger partial charge in [0.15, 0.2) is 5.76 Å². The van der Waals surface area contributed by atoms with E-state index in [4.69, 9.17) is 4.42 Å². The molecule has 3 aromatic carbocycles. The largest absolute Gasteiger partial charge is 0.458 e. The summed E-state index contributed by atoms with van der Waals surface area (Å²) in [5.41, 5.74) is 5.58. The molecule has 0 radical (unpaired) electrons. The van der Waals surface area contributed by atoms with Crippen LogP contribution in [0.4, 0.5) is 5.69 Å². The Morgan fingerprint density at radius 1 is 0.971 bits per heavy atom. The maximum absolute atomic E-state index is 13.6. The predicted molar refractivity (Wildman–Crippen MR) is 132 cm³/mol. The van der Waals surface area contributed by atoms with Gasteiger partial charge in [0.1, 0.15) is 0 Å². The smallest absolute Gasteiger partial charge is 0.290 e. The van der Waals surface area contributed by atoms with Crippen LogP contribution < -0.4 is 4.90 Å². The molecule has 1 amide bonds. The number of amides is 1. The minimum absolute atomic E-state index is 0.0827. The Labute approximate surface area is 197 Å². The van der Waals surface area contributed by atoms with E-state index < -0.39 is 0 Å². The highest BCUT2D eigenvalue weighted by Gasteiger charge is 2.27. The van der Waals surface area contributed by atoms with Crippen molar-refractivity contribution < 1.29 is 9.21 Å². The van der Waals surface area contributed by atoms with E-state index in [1.807, 2.05) is 53.6 Å². The first-order chi connectivity index (χ1) is 16.8. The summed E-state index contributed by atoms with van der Waals surface area (Å²) in [6, 6.07) is 24.7. The fraction of sp³-hybridized carbons (Fsp3) is 0.143. The molecule has 0 saturated carbocycles. The van der Waals surface area contributed by atoms with Crippen LogP contribution in [-0.4, -0.2) is 33.9 Å². The highest BCUT2D eigenvalue weighted by molar-refractivity contribution is 6.04. The third-order valence-electron chi connectivity index (χ3n) is 6.44. The summed E-state index contributed by atoms with van der Waals surface area (Å²) < 4.78 is 5.75. The fourth-order valence-electron chi connectivity index (χ4n) is 4.69. The van der Waals surface area contributed by atoms with Gasteiger partial charge in [-0.3, -0.25) is 4.79 Å². The molecule has 34 heavy (non-hydrogen) atoms. The van der Waals surface area contributed by atoms with Gasteiger partial charge in [0.05, 0.1) is 24.8 Å². The SMILES string of the molecule is O=C(c1occ2ccccc12)N1CCN(Cc2cnc[nH]2)c2ccc(-c3ccccc3)cc2C1. The summed E-state index contributed by atoms with van der Waals surface area (Å²) in [5, 5.41) is 1.79. The quantitative estimate of drug-likeness (QED) is 0.395. The molecule has 0 atom stereocenters. The Morgan fingerprint density at radius 3 is 2.68 bits per heavy atom. The molecule has 1 N–H and O–H groups in total. The van der Waals surface area contributed by atoms with Gasteiger partial charge >= 0.3 is 0 Å². The third kappa shape index (κ3) is 3.73. The number of carbonyl (C=O) groups is 1. The van der Waals surface area contributed by atoms with Crippen LogP contribution in [0.25, 0.3) is 21.9 Å². The molecule has 168 valence electrons. The van der Waals surface area contributed by atoms with Gasteiger partial charge in [-0.25, -0.2) is 4.98 Å². The molecular weight excluding hydrogens is 424 g/mol. The van der Waals surface area contributed by atoms with Gasteiger partial charge in [0.25, 0.3) is 5.91 Å². The van der Waals surface area contributed by atoms with Crippen molar-refractivity contribution in [3.05, 3.63) is 109 Å². The van der Waals surface area contributed by atoms with Crippen molar-refractivity contribution in [1.82, 2.24) is 14.9 Å². The van der Waals surface area contributed by atoms with Crippen molar-refractivity contribution in [2.75, 3.05) is 18.0 Å². The van der Waals surface area contributed by atoms with Crippen LogP contribution in [0, 0.1) is 0 Å². The van der Waals surface area contributed by atoms with E-state index in [0.717, 1.165) is 38.8 Å². The lowest BCUT2D eigenvalue weighted by atomic mass is 10.0. The molecule has 5 aromatic rings. The molecule has 0 aliphatic carbocycles. The van der Waals surface area contributed by atoms with Gasteiger partial charge in [-0.05, 0) is 28.8 Å². The lowest BCUT2D eigenvalue weighted by molar-refractivity contribution is 0.0722. The first kappa shape index (κ1) is 20.3. The number of anilines is 1. The molecule has 0 saturated heterocycles. The predicted octanol–water partition coefficient (Wildman–Crippen LogP) is 5.49. The van der Waals surface area contributed by atoms with Gasteiger partial charge < -0.3 is 19.2 Å². The Hall–Kier alpha value is -4.32. The van der Waals surface area contributed by atoms with E-state index in [-0.39, 0.29) is 5.91 Å². The molecule has 6 heteroatoms. The molecule has 6 rings (SSSR count). The Bertz CT molecular complexity index is 1440. The number of carbonyl (C=O) groups excluding carboxylic acids is 1. The second kappa shape index (κ2) is 8.56. The third-order valence-corrected chi connectivity index (χ3v) is 6.44. The highest BCUT2D eigenvalue weighted by Crippen LogP contribution is 2.32. The zero-order valence-electron chi connectivity index (χ0n) is 18.6. The van der Waals surface area contributed by atoms with E-state index in [1.165, 1.54) is 0 Å². The number of benzene rings is 3. The van der Waals surface area contributed by atoms with Gasteiger partial charge in [-0.2, -0.15) is 0 Å². The summed E-state index contributed by atoms with van der Waals surface area (Å²) in [6.45, 7) is 2.52. The van der Waals surface area contributed by atoms with Crippen molar-refractivity contribution in [2.24, 2.45) is 0 Å². The molecule has 2 aromatic heterocycles. The summed E-state index contributed by atoms with van der Waals surface area (Å²) >= 11 is 0. The van der Waals surface area contributed by atoms with Crippen LogP contribution in [-0.2, 0) is 13.1 Å². The maximum atomic E-state index is 13.6. The van der Waals surface area contributed by atoms with Crippen LogP contribution in [0.5, 0.6) is 0 Å². The average Bonchev–Trinajstić information content (AvgIpc) is 3.52. The van der Waals surface area contributed by atoms with Crippen molar-refractivity contribution in [2.45, 2.75) is 13.1 Å². The van der Waals surface area contributed by atoms with E-state index in [2.05, 4.69) is 45.2 Å². The van der Waals surface area contributed by atoms with E-state index >= 15 is 0 Å². The van der Waals surface area contributed by atoms with E-state index in [1.54, 1.807) is 12.6 Å². The Kier molecular flexibility index (Phi) is 5.11. The van der Waals surface area contributed by atoms with E-state index in [9.17, 15) is 4.79 Å². The van der Waals surface area contributed by atoms with Gasteiger partial charge in [0.2, 0.25) is 0 Å².